The number of nitrogens with one attached hydrogen (secondary N) is 2. The molecular weight excluding hydrogens is 388 g/mol. The Kier molecular flexibility index (Phi) is 6.69. The van der Waals surface area contributed by atoms with Crippen LogP contribution in [0.5, 0.6) is 11.5 Å². The molecule has 2 aromatic carbocycles. The first-order chi connectivity index (χ1) is 14.4. The molecule has 0 saturated heterocycles. The first kappa shape index (κ1) is 20.9. The lowest BCUT2D eigenvalue weighted by molar-refractivity contribution is -0.148. The monoisotopic (exact) mass is 410 g/mol. The van der Waals surface area contributed by atoms with Crippen molar-refractivity contribution >= 4 is 35.2 Å². The molecule has 1 aliphatic heterocycles. The third-order valence-corrected chi connectivity index (χ3v) is 4.11. The molecule has 0 bridgehead atoms. The summed E-state index contributed by atoms with van der Waals surface area (Å²) in [4.78, 5) is 35.3. The lowest BCUT2D eigenvalue weighted by atomic mass is 10.2. The fraction of sp³-hybridized carbons (Fsp3) is 0.227. The number of hydrogen-bond acceptors (Lipinski definition) is 6. The summed E-state index contributed by atoms with van der Waals surface area (Å²) >= 11 is 0. The van der Waals surface area contributed by atoms with Crippen LogP contribution in [-0.4, -0.2) is 37.1 Å². The molecule has 156 valence electrons. The molecular formula is C22H22N2O6. The fourth-order valence-electron chi connectivity index (χ4n) is 2.68. The molecule has 0 aromatic heterocycles. The number of rotatable bonds is 6. The van der Waals surface area contributed by atoms with Crippen molar-refractivity contribution in [2.24, 2.45) is 0 Å². The minimum atomic E-state index is -0.988. The molecule has 0 aliphatic carbocycles. The van der Waals surface area contributed by atoms with Gasteiger partial charge in [0.1, 0.15) is 13.2 Å². The fourth-order valence-corrected chi connectivity index (χ4v) is 2.68. The normalized spacial score (nSPS) is 13.4. The van der Waals surface area contributed by atoms with E-state index in [1.165, 1.54) is 19.9 Å². The number of esters is 1. The van der Waals surface area contributed by atoms with Gasteiger partial charge in [0, 0.05) is 24.4 Å². The highest BCUT2D eigenvalue weighted by Gasteiger charge is 2.17. The van der Waals surface area contributed by atoms with Crippen LogP contribution in [0.25, 0.3) is 6.08 Å². The molecule has 2 aromatic rings. The van der Waals surface area contributed by atoms with Crippen LogP contribution in [0.15, 0.2) is 48.5 Å². The van der Waals surface area contributed by atoms with Crippen LogP contribution in [0, 0.1) is 0 Å². The maximum atomic E-state index is 12.2. The predicted octanol–water partition coefficient (Wildman–Crippen LogP) is 3.00. The van der Waals surface area contributed by atoms with Gasteiger partial charge in [0.25, 0.3) is 5.91 Å². The smallest absolute Gasteiger partial charge is 0.331 e. The standard InChI is InChI=1S/C22H22N2O6/c1-14(22(27)24-18-7-5-17(6-8-18)23-15(2)25)30-21(26)10-4-16-3-9-19-20(13-16)29-12-11-28-19/h3-10,13-14H,11-12H2,1-2H3,(H,23,25)(H,24,27)/b10-4+/t14-/m1/s1. The number of fused-ring (bicyclic) bond motifs is 1. The van der Waals surface area contributed by atoms with Crippen molar-refractivity contribution in [2.45, 2.75) is 20.0 Å². The summed E-state index contributed by atoms with van der Waals surface area (Å²) in [6, 6.07) is 11.9. The topological polar surface area (TPSA) is 103 Å². The largest absolute Gasteiger partial charge is 0.486 e. The van der Waals surface area contributed by atoms with Crippen molar-refractivity contribution < 1.29 is 28.6 Å². The zero-order chi connectivity index (χ0) is 21.5. The van der Waals surface area contributed by atoms with E-state index in [1.54, 1.807) is 48.5 Å². The van der Waals surface area contributed by atoms with Gasteiger partial charge in [-0.1, -0.05) is 6.07 Å². The molecule has 0 spiro atoms. The Bertz CT molecular complexity index is 968. The van der Waals surface area contributed by atoms with Crippen LogP contribution in [0.4, 0.5) is 11.4 Å². The van der Waals surface area contributed by atoms with Crippen LogP contribution in [0.3, 0.4) is 0 Å². The Labute approximate surface area is 173 Å². The molecule has 3 rings (SSSR count). The van der Waals surface area contributed by atoms with Gasteiger partial charge in [0.05, 0.1) is 0 Å². The third-order valence-electron chi connectivity index (χ3n) is 4.11. The molecule has 1 aliphatic rings. The van der Waals surface area contributed by atoms with E-state index in [1.807, 2.05) is 0 Å². The van der Waals surface area contributed by atoms with E-state index < -0.39 is 18.0 Å². The molecule has 1 atom stereocenters. The van der Waals surface area contributed by atoms with Crippen molar-refractivity contribution in [3.8, 4) is 11.5 Å². The predicted molar refractivity (Wildman–Crippen MR) is 111 cm³/mol. The number of benzene rings is 2. The van der Waals surface area contributed by atoms with Gasteiger partial charge in [-0.25, -0.2) is 4.79 Å². The number of carbonyl (C=O) groups is 3. The van der Waals surface area contributed by atoms with Crippen molar-refractivity contribution in [1.82, 2.24) is 0 Å². The van der Waals surface area contributed by atoms with Gasteiger partial charge in [-0.15, -0.1) is 0 Å². The summed E-state index contributed by atoms with van der Waals surface area (Å²) < 4.78 is 16.1. The molecule has 1 heterocycles. The maximum Gasteiger partial charge on any atom is 0.331 e. The number of ether oxygens (including phenoxy) is 3. The molecule has 2 amide bonds. The molecule has 0 fully saturated rings. The lowest BCUT2D eigenvalue weighted by Crippen LogP contribution is -2.29. The SMILES string of the molecule is CC(=O)Nc1ccc(NC(=O)[C@@H](C)OC(=O)/C=C/c2ccc3c(c2)OCCO3)cc1. The number of anilines is 2. The van der Waals surface area contributed by atoms with Crippen LogP contribution in [0.2, 0.25) is 0 Å². The van der Waals surface area contributed by atoms with Crippen LogP contribution >= 0.6 is 0 Å². The number of hydrogen-bond donors (Lipinski definition) is 2. The van der Waals surface area contributed by atoms with E-state index in [0.29, 0.717) is 36.1 Å². The Hall–Kier alpha value is -3.81. The Morgan fingerprint density at radius 1 is 0.967 bits per heavy atom. The molecule has 30 heavy (non-hydrogen) atoms. The van der Waals surface area contributed by atoms with E-state index in [0.717, 1.165) is 5.56 Å². The number of amides is 2. The second-order valence-corrected chi connectivity index (χ2v) is 6.56. The summed E-state index contributed by atoms with van der Waals surface area (Å²) in [6.07, 6.45) is 1.83. The zero-order valence-corrected chi connectivity index (χ0v) is 16.6. The van der Waals surface area contributed by atoms with Crippen molar-refractivity contribution in [3.05, 3.63) is 54.1 Å². The molecule has 8 nitrogen and oxygen atoms in total. The number of carbonyl (C=O) groups excluding carboxylic acids is 3. The van der Waals surface area contributed by atoms with Crippen LogP contribution < -0.4 is 20.1 Å². The van der Waals surface area contributed by atoms with Gasteiger partial charge in [0.15, 0.2) is 17.6 Å². The highest BCUT2D eigenvalue weighted by Crippen LogP contribution is 2.31. The van der Waals surface area contributed by atoms with Crippen LogP contribution in [-0.2, 0) is 19.1 Å². The molecule has 2 N–H and O–H groups in total. The Morgan fingerprint density at radius 2 is 1.60 bits per heavy atom. The molecule has 8 heteroatoms. The van der Waals surface area contributed by atoms with Gasteiger partial charge in [-0.3, -0.25) is 9.59 Å². The van der Waals surface area contributed by atoms with E-state index >= 15 is 0 Å². The van der Waals surface area contributed by atoms with E-state index in [-0.39, 0.29) is 5.91 Å². The second kappa shape index (κ2) is 9.60. The summed E-state index contributed by atoms with van der Waals surface area (Å²) in [5, 5.41) is 5.29. The first-order valence-corrected chi connectivity index (χ1v) is 9.37. The van der Waals surface area contributed by atoms with Gasteiger partial charge in [0.2, 0.25) is 5.91 Å². The Morgan fingerprint density at radius 3 is 2.27 bits per heavy atom. The van der Waals surface area contributed by atoms with Gasteiger partial charge >= 0.3 is 5.97 Å². The van der Waals surface area contributed by atoms with Crippen molar-refractivity contribution in [1.29, 1.82) is 0 Å². The quantitative estimate of drug-likeness (QED) is 0.561. The highest BCUT2D eigenvalue weighted by atomic mass is 16.6. The average Bonchev–Trinajstić information content (AvgIpc) is 2.73. The van der Waals surface area contributed by atoms with Crippen molar-refractivity contribution in [3.63, 3.8) is 0 Å². The second-order valence-electron chi connectivity index (χ2n) is 6.56. The van der Waals surface area contributed by atoms with Gasteiger partial charge in [-0.2, -0.15) is 0 Å². The van der Waals surface area contributed by atoms with Crippen molar-refractivity contribution in [2.75, 3.05) is 23.8 Å². The van der Waals surface area contributed by atoms with Gasteiger partial charge in [-0.05, 0) is 55.0 Å². The van der Waals surface area contributed by atoms with Gasteiger partial charge < -0.3 is 24.8 Å². The average molecular weight is 410 g/mol. The zero-order valence-electron chi connectivity index (χ0n) is 16.6. The Balaban J connectivity index is 1.51. The van der Waals surface area contributed by atoms with Crippen LogP contribution in [0.1, 0.15) is 19.4 Å². The van der Waals surface area contributed by atoms with E-state index in [2.05, 4.69) is 10.6 Å². The molecule has 0 radical (unpaired) electrons. The molecule has 0 saturated carbocycles. The first-order valence-electron chi connectivity index (χ1n) is 9.37. The maximum absolute atomic E-state index is 12.2. The van der Waals surface area contributed by atoms with E-state index in [9.17, 15) is 14.4 Å². The lowest BCUT2D eigenvalue weighted by Gasteiger charge is -2.18. The minimum Gasteiger partial charge on any atom is -0.486 e. The van der Waals surface area contributed by atoms with E-state index in [4.69, 9.17) is 14.2 Å². The summed E-state index contributed by atoms with van der Waals surface area (Å²) in [7, 11) is 0. The third kappa shape index (κ3) is 5.84. The minimum absolute atomic E-state index is 0.184. The molecule has 0 unspecified atom stereocenters. The summed E-state index contributed by atoms with van der Waals surface area (Å²) in [5.74, 6) is -0.0149. The summed E-state index contributed by atoms with van der Waals surface area (Å²) in [5.41, 5.74) is 1.88. The highest BCUT2D eigenvalue weighted by molar-refractivity contribution is 5.97. The summed E-state index contributed by atoms with van der Waals surface area (Å²) in [6.45, 7) is 3.88.